The van der Waals surface area contributed by atoms with Gasteiger partial charge in [-0.2, -0.15) is 4.98 Å². The summed E-state index contributed by atoms with van der Waals surface area (Å²) in [4.78, 5) is 4.51. The molecule has 2 saturated heterocycles. The maximum atomic E-state index is 9.76. The molecule has 1 aromatic heterocycles. The topological polar surface area (TPSA) is 68.4 Å². The molecule has 2 aromatic rings. The quantitative estimate of drug-likeness (QED) is 0.910. The van der Waals surface area contributed by atoms with Crippen LogP contribution in [0.15, 0.2) is 22.7 Å². The van der Waals surface area contributed by atoms with Crippen molar-refractivity contribution in [2.45, 2.75) is 44.3 Å². The van der Waals surface area contributed by atoms with Crippen LogP contribution in [-0.4, -0.2) is 27.5 Å². The molecule has 2 fully saturated rings. The molecule has 0 spiro atoms. The van der Waals surface area contributed by atoms with E-state index >= 15 is 0 Å². The Morgan fingerprint density at radius 3 is 2.95 bits per heavy atom. The third kappa shape index (κ3) is 1.73. The summed E-state index contributed by atoms with van der Waals surface area (Å²) in [7, 11) is 0. The predicted octanol–water partition coefficient (Wildman–Crippen LogP) is 2.79. The van der Waals surface area contributed by atoms with Crippen molar-refractivity contribution in [3.8, 4) is 17.2 Å². The predicted molar refractivity (Wildman–Crippen MR) is 71.4 cm³/mol. The molecule has 0 amide bonds. The van der Waals surface area contributed by atoms with E-state index in [9.17, 15) is 5.11 Å². The molecule has 5 heteroatoms. The number of nitrogens with zero attached hydrogens (tertiary/aromatic N) is 2. The van der Waals surface area contributed by atoms with E-state index in [-0.39, 0.29) is 17.8 Å². The summed E-state index contributed by atoms with van der Waals surface area (Å²) >= 11 is 0. The van der Waals surface area contributed by atoms with Crippen molar-refractivity contribution in [3.63, 3.8) is 0 Å². The molecule has 20 heavy (non-hydrogen) atoms. The van der Waals surface area contributed by atoms with Gasteiger partial charge in [0.25, 0.3) is 5.89 Å². The Balaban J connectivity index is 1.67. The molecular weight excluding hydrogens is 256 g/mol. The lowest BCUT2D eigenvalue weighted by Gasteiger charge is -2.13. The Bertz CT molecular complexity index is 652. The van der Waals surface area contributed by atoms with Crippen molar-refractivity contribution in [1.82, 2.24) is 10.1 Å². The summed E-state index contributed by atoms with van der Waals surface area (Å²) in [6.07, 6.45) is 3.84. The van der Waals surface area contributed by atoms with E-state index in [1.165, 1.54) is 0 Å². The molecule has 0 saturated carbocycles. The van der Waals surface area contributed by atoms with Crippen LogP contribution in [0.2, 0.25) is 0 Å². The van der Waals surface area contributed by atoms with E-state index in [0.717, 1.165) is 36.2 Å². The highest BCUT2D eigenvalue weighted by atomic mass is 16.5. The summed E-state index contributed by atoms with van der Waals surface area (Å²) in [5.74, 6) is 1.69. The number of phenols is 1. The van der Waals surface area contributed by atoms with Gasteiger partial charge in [-0.15, -0.1) is 0 Å². The molecule has 1 N–H and O–H groups in total. The Morgan fingerprint density at radius 2 is 2.20 bits per heavy atom. The Labute approximate surface area is 116 Å². The minimum Gasteiger partial charge on any atom is -0.508 e. The van der Waals surface area contributed by atoms with Crippen molar-refractivity contribution >= 4 is 0 Å². The fourth-order valence-corrected chi connectivity index (χ4v) is 3.26. The molecule has 2 aliphatic heterocycles. The van der Waals surface area contributed by atoms with E-state index in [4.69, 9.17) is 9.26 Å². The Kier molecular flexibility index (Phi) is 2.57. The van der Waals surface area contributed by atoms with Crippen LogP contribution in [0.5, 0.6) is 5.75 Å². The van der Waals surface area contributed by atoms with Crippen molar-refractivity contribution < 1.29 is 14.4 Å². The standard InChI is InChI=1S/C15H16N2O3/c1-8-10(3-2-4-12(8)18)15-16-14(17-20-15)11-7-9-5-6-13(11)19-9/h2-4,9,11,13,18H,5-7H2,1H3. The molecule has 3 unspecified atom stereocenters. The second-order valence-electron chi connectivity index (χ2n) is 5.62. The van der Waals surface area contributed by atoms with Gasteiger partial charge in [0.15, 0.2) is 5.82 Å². The summed E-state index contributed by atoms with van der Waals surface area (Å²) in [5, 5.41) is 13.9. The van der Waals surface area contributed by atoms with E-state index < -0.39 is 0 Å². The van der Waals surface area contributed by atoms with Gasteiger partial charge < -0.3 is 14.4 Å². The van der Waals surface area contributed by atoms with Gasteiger partial charge in [-0.25, -0.2) is 0 Å². The molecular formula is C15H16N2O3. The summed E-state index contributed by atoms with van der Waals surface area (Å²) in [5.41, 5.74) is 1.54. The van der Waals surface area contributed by atoms with Gasteiger partial charge in [-0.3, -0.25) is 0 Å². The summed E-state index contributed by atoms with van der Waals surface area (Å²) in [6, 6.07) is 5.31. The van der Waals surface area contributed by atoms with Crippen LogP contribution in [0, 0.1) is 6.92 Å². The van der Waals surface area contributed by atoms with Crippen LogP contribution >= 0.6 is 0 Å². The van der Waals surface area contributed by atoms with E-state index in [2.05, 4.69) is 10.1 Å². The van der Waals surface area contributed by atoms with Gasteiger partial charge >= 0.3 is 0 Å². The first kappa shape index (κ1) is 11.9. The fraction of sp³-hybridized carbons (Fsp3) is 0.467. The van der Waals surface area contributed by atoms with Crippen molar-refractivity contribution in [3.05, 3.63) is 29.6 Å². The number of hydrogen-bond acceptors (Lipinski definition) is 5. The summed E-state index contributed by atoms with van der Waals surface area (Å²) < 4.78 is 11.2. The molecule has 0 aliphatic carbocycles. The van der Waals surface area contributed by atoms with Crippen LogP contribution in [0.1, 0.15) is 36.6 Å². The maximum absolute atomic E-state index is 9.76. The number of aromatic nitrogens is 2. The molecule has 5 nitrogen and oxygen atoms in total. The van der Waals surface area contributed by atoms with Crippen LogP contribution in [-0.2, 0) is 4.74 Å². The first-order valence-electron chi connectivity index (χ1n) is 7.00. The first-order valence-corrected chi connectivity index (χ1v) is 7.00. The minimum atomic E-state index is 0.241. The average Bonchev–Trinajstić information content (AvgIpc) is 3.16. The van der Waals surface area contributed by atoms with Crippen molar-refractivity contribution in [2.24, 2.45) is 0 Å². The molecule has 3 heterocycles. The second-order valence-corrected chi connectivity index (χ2v) is 5.62. The number of hydrogen-bond donors (Lipinski definition) is 1. The van der Waals surface area contributed by atoms with Crippen LogP contribution in [0.4, 0.5) is 0 Å². The smallest absolute Gasteiger partial charge is 0.258 e. The zero-order valence-corrected chi connectivity index (χ0v) is 11.2. The van der Waals surface area contributed by atoms with Gasteiger partial charge in [-0.05, 0) is 38.3 Å². The summed E-state index contributed by atoms with van der Waals surface area (Å²) in [6.45, 7) is 1.84. The molecule has 4 rings (SSSR count). The number of benzene rings is 1. The van der Waals surface area contributed by atoms with Gasteiger partial charge in [0.2, 0.25) is 0 Å². The second kappa shape index (κ2) is 4.31. The Hall–Kier alpha value is -1.88. The van der Waals surface area contributed by atoms with E-state index in [1.54, 1.807) is 12.1 Å². The number of rotatable bonds is 2. The third-order valence-electron chi connectivity index (χ3n) is 4.42. The van der Waals surface area contributed by atoms with E-state index in [1.807, 2.05) is 13.0 Å². The van der Waals surface area contributed by atoms with Gasteiger partial charge in [0.05, 0.1) is 18.1 Å². The Morgan fingerprint density at radius 1 is 1.30 bits per heavy atom. The van der Waals surface area contributed by atoms with Crippen molar-refractivity contribution in [2.75, 3.05) is 0 Å². The lowest BCUT2D eigenvalue weighted by atomic mass is 9.89. The fourth-order valence-electron chi connectivity index (χ4n) is 3.26. The first-order chi connectivity index (χ1) is 9.72. The SMILES string of the molecule is Cc1c(O)cccc1-c1nc(C2CC3CCC2O3)no1. The highest BCUT2D eigenvalue weighted by Crippen LogP contribution is 2.43. The lowest BCUT2D eigenvalue weighted by molar-refractivity contribution is 0.0996. The highest BCUT2D eigenvalue weighted by Gasteiger charge is 2.43. The zero-order chi connectivity index (χ0) is 13.7. The number of phenolic OH excluding ortho intramolecular Hbond substituents is 1. The largest absolute Gasteiger partial charge is 0.508 e. The lowest BCUT2D eigenvalue weighted by Crippen LogP contribution is -2.15. The molecule has 3 atom stereocenters. The molecule has 2 bridgehead atoms. The molecule has 104 valence electrons. The van der Waals surface area contributed by atoms with Gasteiger partial charge in [0, 0.05) is 11.1 Å². The van der Waals surface area contributed by atoms with Gasteiger partial charge in [-0.1, -0.05) is 11.2 Å². The van der Waals surface area contributed by atoms with Crippen LogP contribution in [0.25, 0.3) is 11.5 Å². The highest BCUT2D eigenvalue weighted by molar-refractivity contribution is 5.61. The maximum Gasteiger partial charge on any atom is 0.258 e. The molecule has 0 radical (unpaired) electrons. The zero-order valence-electron chi connectivity index (χ0n) is 11.2. The van der Waals surface area contributed by atoms with Gasteiger partial charge in [0.1, 0.15) is 5.75 Å². The number of ether oxygens (including phenoxy) is 1. The van der Waals surface area contributed by atoms with Crippen LogP contribution in [0.3, 0.4) is 0 Å². The normalized spacial score (nSPS) is 28.1. The third-order valence-corrected chi connectivity index (χ3v) is 4.42. The number of aromatic hydroxyl groups is 1. The number of fused-ring (bicyclic) bond motifs is 2. The minimum absolute atomic E-state index is 0.241. The average molecular weight is 272 g/mol. The monoisotopic (exact) mass is 272 g/mol. The molecule has 2 aliphatic rings. The molecule has 1 aromatic carbocycles. The van der Waals surface area contributed by atoms with Crippen molar-refractivity contribution in [1.29, 1.82) is 0 Å². The van der Waals surface area contributed by atoms with E-state index in [0.29, 0.717) is 12.0 Å². The van der Waals surface area contributed by atoms with Crippen LogP contribution < -0.4 is 0 Å².